The number of carbonyl (C=O) groups excluding carboxylic acids is 1. The average molecular weight is 215 g/mol. The lowest BCUT2D eigenvalue weighted by Crippen LogP contribution is -2.34. The lowest BCUT2D eigenvalue weighted by molar-refractivity contribution is -0.122. The Kier molecular flexibility index (Phi) is 9.59. The van der Waals surface area contributed by atoms with E-state index in [9.17, 15) is 4.79 Å². The van der Waals surface area contributed by atoms with Crippen molar-refractivity contribution in [2.45, 2.75) is 64.8 Å². The fourth-order valence-corrected chi connectivity index (χ4v) is 1.55. The van der Waals surface area contributed by atoms with Crippen molar-refractivity contribution >= 4 is 5.91 Å². The highest BCUT2D eigenvalue weighted by atomic mass is 16.3. The summed E-state index contributed by atoms with van der Waals surface area (Å²) in [6.07, 6.45) is 6.71. The predicted octanol–water partition coefficient (Wildman–Crippen LogP) is 2.23. The molecular formula is C12H25NO2. The smallest absolute Gasteiger partial charge is 0.220 e. The van der Waals surface area contributed by atoms with Crippen molar-refractivity contribution in [2.75, 3.05) is 6.61 Å². The molecule has 0 heterocycles. The molecule has 0 aromatic rings. The molecule has 0 aliphatic carbocycles. The molecule has 2 N–H and O–H groups in total. The molecule has 0 aliphatic rings. The van der Waals surface area contributed by atoms with Crippen LogP contribution in [0.2, 0.25) is 0 Å². The van der Waals surface area contributed by atoms with Crippen molar-refractivity contribution < 1.29 is 9.90 Å². The van der Waals surface area contributed by atoms with E-state index in [1.54, 1.807) is 0 Å². The molecule has 15 heavy (non-hydrogen) atoms. The second-order valence-corrected chi connectivity index (χ2v) is 4.00. The van der Waals surface area contributed by atoms with Crippen molar-refractivity contribution in [2.24, 2.45) is 0 Å². The van der Waals surface area contributed by atoms with Gasteiger partial charge >= 0.3 is 0 Å². The van der Waals surface area contributed by atoms with Crippen LogP contribution in [0.1, 0.15) is 58.8 Å². The van der Waals surface area contributed by atoms with Gasteiger partial charge in [-0.1, -0.05) is 33.1 Å². The summed E-state index contributed by atoms with van der Waals surface area (Å²) in [5, 5.41) is 11.7. The molecule has 0 bridgehead atoms. The molecule has 0 saturated carbocycles. The summed E-state index contributed by atoms with van der Waals surface area (Å²) in [5.74, 6) is 0.131. The standard InChI is InChI=1S/C12H25NO2/c1-3-5-6-7-8-12(15)13-11(4-2)9-10-14/h11,14H,3-10H2,1-2H3,(H,13,15). The highest BCUT2D eigenvalue weighted by molar-refractivity contribution is 5.76. The zero-order chi connectivity index (χ0) is 11.5. The zero-order valence-corrected chi connectivity index (χ0v) is 10.1. The van der Waals surface area contributed by atoms with Gasteiger partial charge in [-0.05, 0) is 19.3 Å². The summed E-state index contributed by atoms with van der Waals surface area (Å²) in [5.41, 5.74) is 0. The molecule has 0 aromatic carbocycles. The number of aliphatic hydroxyl groups is 1. The number of amides is 1. The Hall–Kier alpha value is -0.570. The van der Waals surface area contributed by atoms with Crippen LogP contribution in [0.3, 0.4) is 0 Å². The van der Waals surface area contributed by atoms with Gasteiger partial charge in [-0.3, -0.25) is 4.79 Å². The van der Waals surface area contributed by atoms with Gasteiger partial charge in [-0.25, -0.2) is 0 Å². The monoisotopic (exact) mass is 215 g/mol. The zero-order valence-electron chi connectivity index (χ0n) is 10.1. The maximum atomic E-state index is 11.5. The second kappa shape index (κ2) is 9.97. The second-order valence-electron chi connectivity index (χ2n) is 4.00. The van der Waals surface area contributed by atoms with Crippen LogP contribution in [0.4, 0.5) is 0 Å². The van der Waals surface area contributed by atoms with E-state index in [1.165, 1.54) is 12.8 Å². The Labute approximate surface area is 93.3 Å². The van der Waals surface area contributed by atoms with Crippen molar-refractivity contribution in [1.82, 2.24) is 5.32 Å². The molecular weight excluding hydrogens is 190 g/mol. The highest BCUT2D eigenvalue weighted by Crippen LogP contribution is 2.03. The first-order chi connectivity index (χ1) is 7.24. The van der Waals surface area contributed by atoms with Gasteiger partial charge in [0, 0.05) is 19.1 Å². The van der Waals surface area contributed by atoms with Crippen LogP contribution in [0.5, 0.6) is 0 Å². The maximum Gasteiger partial charge on any atom is 0.220 e. The predicted molar refractivity (Wildman–Crippen MR) is 62.7 cm³/mol. The molecule has 0 aromatic heterocycles. The van der Waals surface area contributed by atoms with Crippen LogP contribution in [0.15, 0.2) is 0 Å². The van der Waals surface area contributed by atoms with Gasteiger partial charge in [0.1, 0.15) is 0 Å². The number of carbonyl (C=O) groups is 1. The van der Waals surface area contributed by atoms with Gasteiger partial charge in [0.2, 0.25) is 5.91 Å². The van der Waals surface area contributed by atoms with Crippen LogP contribution in [0, 0.1) is 0 Å². The van der Waals surface area contributed by atoms with Gasteiger partial charge in [0.15, 0.2) is 0 Å². The van der Waals surface area contributed by atoms with Gasteiger partial charge in [-0.15, -0.1) is 0 Å². The summed E-state index contributed by atoms with van der Waals surface area (Å²) in [4.78, 5) is 11.5. The van der Waals surface area contributed by atoms with Crippen molar-refractivity contribution in [3.63, 3.8) is 0 Å². The third-order valence-corrected chi connectivity index (χ3v) is 2.59. The number of nitrogens with one attached hydrogen (secondary N) is 1. The third-order valence-electron chi connectivity index (χ3n) is 2.59. The average Bonchev–Trinajstić information content (AvgIpc) is 2.24. The van der Waals surface area contributed by atoms with Crippen LogP contribution >= 0.6 is 0 Å². The molecule has 3 heteroatoms. The van der Waals surface area contributed by atoms with Crippen molar-refractivity contribution in [3.05, 3.63) is 0 Å². The molecule has 3 nitrogen and oxygen atoms in total. The van der Waals surface area contributed by atoms with E-state index in [1.807, 2.05) is 6.92 Å². The third kappa shape index (κ3) is 8.43. The van der Waals surface area contributed by atoms with Crippen LogP contribution in [-0.2, 0) is 4.79 Å². The Balaban J connectivity index is 3.52. The number of hydrogen-bond donors (Lipinski definition) is 2. The van der Waals surface area contributed by atoms with Crippen molar-refractivity contribution in [1.29, 1.82) is 0 Å². The van der Waals surface area contributed by atoms with E-state index < -0.39 is 0 Å². The molecule has 0 radical (unpaired) electrons. The lowest BCUT2D eigenvalue weighted by atomic mass is 10.1. The van der Waals surface area contributed by atoms with E-state index in [0.717, 1.165) is 19.3 Å². The fraction of sp³-hybridized carbons (Fsp3) is 0.917. The van der Waals surface area contributed by atoms with E-state index in [2.05, 4.69) is 12.2 Å². The van der Waals surface area contributed by atoms with E-state index in [4.69, 9.17) is 5.11 Å². The van der Waals surface area contributed by atoms with Crippen LogP contribution < -0.4 is 5.32 Å². The number of unbranched alkanes of at least 4 members (excludes halogenated alkanes) is 3. The Bertz CT molecular complexity index is 160. The van der Waals surface area contributed by atoms with E-state index >= 15 is 0 Å². The summed E-state index contributed by atoms with van der Waals surface area (Å²) in [7, 11) is 0. The van der Waals surface area contributed by atoms with Gasteiger partial charge in [-0.2, -0.15) is 0 Å². The molecule has 90 valence electrons. The first-order valence-corrected chi connectivity index (χ1v) is 6.14. The fourth-order valence-electron chi connectivity index (χ4n) is 1.55. The first kappa shape index (κ1) is 14.4. The molecule has 1 amide bonds. The molecule has 1 unspecified atom stereocenters. The van der Waals surface area contributed by atoms with Crippen molar-refractivity contribution in [3.8, 4) is 0 Å². The summed E-state index contributed by atoms with van der Waals surface area (Å²) in [6, 6.07) is 0.147. The molecule has 0 spiro atoms. The lowest BCUT2D eigenvalue weighted by Gasteiger charge is -2.15. The first-order valence-electron chi connectivity index (χ1n) is 6.14. The summed E-state index contributed by atoms with van der Waals surface area (Å²) in [6.45, 7) is 4.33. The Morgan fingerprint density at radius 3 is 2.53 bits per heavy atom. The molecule has 0 aliphatic heterocycles. The SMILES string of the molecule is CCCCCCC(=O)NC(CC)CCO. The molecule has 0 saturated heterocycles. The van der Waals surface area contributed by atoms with Gasteiger partial charge in [0.25, 0.3) is 0 Å². The Morgan fingerprint density at radius 1 is 1.27 bits per heavy atom. The minimum absolute atomic E-state index is 0.131. The molecule has 0 fully saturated rings. The topological polar surface area (TPSA) is 49.3 Å². The van der Waals surface area contributed by atoms with Crippen LogP contribution in [0.25, 0.3) is 0 Å². The Morgan fingerprint density at radius 2 is 2.00 bits per heavy atom. The van der Waals surface area contributed by atoms with Gasteiger partial charge in [0.05, 0.1) is 0 Å². The summed E-state index contributed by atoms with van der Waals surface area (Å²) < 4.78 is 0. The van der Waals surface area contributed by atoms with E-state index in [-0.39, 0.29) is 18.6 Å². The minimum atomic E-state index is 0.131. The normalized spacial score (nSPS) is 12.5. The minimum Gasteiger partial charge on any atom is -0.396 e. The molecule has 0 rings (SSSR count). The molecule has 1 atom stereocenters. The van der Waals surface area contributed by atoms with Gasteiger partial charge < -0.3 is 10.4 Å². The quantitative estimate of drug-likeness (QED) is 0.579. The summed E-state index contributed by atoms with van der Waals surface area (Å²) >= 11 is 0. The number of rotatable bonds is 9. The van der Waals surface area contributed by atoms with Crippen LogP contribution in [-0.4, -0.2) is 23.7 Å². The maximum absolute atomic E-state index is 11.5. The largest absolute Gasteiger partial charge is 0.396 e. The van der Waals surface area contributed by atoms with E-state index in [0.29, 0.717) is 12.8 Å². The number of aliphatic hydroxyl groups excluding tert-OH is 1. The highest BCUT2D eigenvalue weighted by Gasteiger charge is 2.08. The number of hydrogen-bond acceptors (Lipinski definition) is 2.